The number of anilines is 3. The highest BCUT2D eigenvalue weighted by atomic mass is 16.3. The molecule has 0 aliphatic carbocycles. The first kappa shape index (κ1) is 19.8. The molecule has 1 atom stereocenters. The molecule has 0 unspecified atom stereocenters. The number of aliphatic hydroxyl groups is 1. The Balaban J connectivity index is 2.00. The Bertz CT molecular complexity index is 927. The molecule has 3 rings (SSSR count). The van der Waals surface area contributed by atoms with E-state index in [1.54, 1.807) is 12.4 Å². The zero-order chi connectivity index (χ0) is 20.1. The first-order valence-electron chi connectivity index (χ1n) is 9.47. The molecule has 28 heavy (non-hydrogen) atoms. The van der Waals surface area contributed by atoms with Gasteiger partial charge in [0.1, 0.15) is 5.82 Å². The largest absolute Gasteiger partial charge is 0.394 e. The summed E-state index contributed by atoms with van der Waals surface area (Å²) in [6.45, 7) is 8.23. The molecular weight excluding hydrogens is 350 g/mol. The van der Waals surface area contributed by atoms with Crippen molar-refractivity contribution in [2.24, 2.45) is 5.92 Å². The fourth-order valence-corrected chi connectivity index (χ4v) is 2.84. The molecule has 0 radical (unpaired) electrons. The van der Waals surface area contributed by atoms with Crippen LogP contribution in [0.5, 0.6) is 0 Å². The normalized spacial score (nSPS) is 12.1. The number of nitrogens with zero attached hydrogens (tertiary/aromatic N) is 3. The van der Waals surface area contributed by atoms with Crippen LogP contribution in [0.2, 0.25) is 0 Å². The molecule has 2 heterocycles. The molecule has 0 aliphatic rings. The third-order valence-corrected chi connectivity index (χ3v) is 4.66. The Labute approximate surface area is 166 Å². The summed E-state index contributed by atoms with van der Waals surface area (Å²) < 4.78 is 0. The van der Waals surface area contributed by atoms with Crippen LogP contribution < -0.4 is 10.6 Å². The molecule has 0 amide bonds. The van der Waals surface area contributed by atoms with Gasteiger partial charge in [0, 0.05) is 29.7 Å². The number of aromatic nitrogens is 3. The van der Waals surface area contributed by atoms with E-state index in [1.807, 2.05) is 32.0 Å². The summed E-state index contributed by atoms with van der Waals surface area (Å²) in [6.07, 6.45) is 3.51. The van der Waals surface area contributed by atoms with Gasteiger partial charge in [0.05, 0.1) is 18.3 Å². The molecule has 0 saturated carbocycles. The zero-order valence-electron chi connectivity index (χ0n) is 16.8. The van der Waals surface area contributed by atoms with E-state index in [0.717, 1.165) is 22.5 Å². The van der Waals surface area contributed by atoms with Gasteiger partial charge >= 0.3 is 0 Å². The van der Waals surface area contributed by atoms with Gasteiger partial charge in [-0.05, 0) is 49.1 Å². The van der Waals surface area contributed by atoms with Gasteiger partial charge in [-0.3, -0.25) is 4.98 Å². The van der Waals surface area contributed by atoms with E-state index in [1.165, 1.54) is 5.56 Å². The Morgan fingerprint density at radius 3 is 2.57 bits per heavy atom. The second kappa shape index (κ2) is 8.80. The van der Waals surface area contributed by atoms with E-state index >= 15 is 0 Å². The first-order chi connectivity index (χ1) is 13.5. The van der Waals surface area contributed by atoms with Crippen LogP contribution in [-0.2, 0) is 0 Å². The Morgan fingerprint density at radius 2 is 1.89 bits per heavy atom. The summed E-state index contributed by atoms with van der Waals surface area (Å²) >= 11 is 0. The predicted molar refractivity (Wildman–Crippen MR) is 114 cm³/mol. The summed E-state index contributed by atoms with van der Waals surface area (Å²) in [7, 11) is 0. The van der Waals surface area contributed by atoms with Gasteiger partial charge in [0.25, 0.3) is 0 Å². The van der Waals surface area contributed by atoms with Gasteiger partial charge < -0.3 is 15.7 Å². The van der Waals surface area contributed by atoms with Crippen molar-refractivity contribution in [3.8, 4) is 11.3 Å². The summed E-state index contributed by atoms with van der Waals surface area (Å²) in [4.78, 5) is 13.5. The van der Waals surface area contributed by atoms with Gasteiger partial charge in [0.15, 0.2) is 0 Å². The van der Waals surface area contributed by atoms with Crippen molar-refractivity contribution in [2.45, 2.75) is 33.7 Å². The van der Waals surface area contributed by atoms with Crippen LogP contribution in [0.1, 0.15) is 25.0 Å². The lowest BCUT2D eigenvalue weighted by atomic mass is 10.1. The van der Waals surface area contributed by atoms with Crippen molar-refractivity contribution in [1.82, 2.24) is 15.0 Å². The van der Waals surface area contributed by atoms with Gasteiger partial charge in [-0.1, -0.05) is 26.0 Å². The van der Waals surface area contributed by atoms with Gasteiger partial charge in [-0.15, -0.1) is 0 Å². The molecule has 0 saturated heterocycles. The van der Waals surface area contributed by atoms with Crippen molar-refractivity contribution in [2.75, 3.05) is 17.2 Å². The molecule has 3 N–H and O–H groups in total. The molecule has 3 aromatic rings. The third-order valence-electron chi connectivity index (χ3n) is 4.66. The Kier molecular flexibility index (Phi) is 6.21. The third kappa shape index (κ3) is 4.84. The number of nitrogens with one attached hydrogen (secondary N) is 2. The predicted octanol–water partition coefficient (Wildman–Crippen LogP) is 4.33. The van der Waals surface area contributed by atoms with E-state index in [-0.39, 0.29) is 18.6 Å². The maximum absolute atomic E-state index is 9.67. The average Bonchev–Trinajstić information content (AvgIpc) is 2.69. The van der Waals surface area contributed by atoms with Crippen LogP contribution in [0.3, 0.4) is 0 Å². The van der Waals surface area contributed by atoms with Crippen LogP contribution in [0.25, 0.3) is 11.3 Å². The number of aryl methyl sites for hydroxylation is 2. The van der Waals surface area contributed by atoms with Crippen molar-refractivity contribution < 1.29 is 5.11 Å². The molecule has 146 valence electrons. The van der Waals surface area contributed by atoms with Crippen molar-refractivity contribution in [1.29, 1.82) is 0 Å². The van der Waals surface area contributed by atoms with E-state index in [4.69, 9.17) is 0 Å². The summed E-state index contributed by atoms with van der Waals surface area (Å²) in [6, 6.07) is 11.9. The van der Waals surface area contributed by atoms with Crippen LogP contribution in [0.15, 0.2) is 48.8 Å². The highest BCUT2D eigenvalue weighted by molar-refractivity contribution is 5.68. The number of pyridine rings is 1. The Hall–Kier alpha value is -2.99. The average molecular weight is 377 g/mol. The topological polar surface area (TPSA) is 83.0 Å². The summed E-state index contributed by atoms with van der Waals surface area (Å²) in [5, 5.41) is 16.3. The SMILES string of the molecule is Cc1ccc(C)c(Nc2cc(-c3cccnc3)nc(N[C@@H](CO)C(C)C)n2)c1. The van der Waals surface area contributed by atoms with E-state index in [0.29, 0.717) is 11.8 Å². The molecule has 1 aromatic carbocycles. The van der Waals surface area contributed by atoms with E-state index in [2.05, 4.69) is 57.6 Å². The molecule has 0 aliphatic heterocycles. The maximum atomic E-state index is 9.67. The number of hydrogen-bond acceptors (Lipinski definition) is 6. The fourth-order valence-electron chi connectivity index (χ4n) is 2.84. The highest BCUT2D eigenvalue weighted by Gasteiger charge is 2.15. The smallest absolute Gasteiger partial charge is 0.225 e. The van der Waals surface area contributed by atoms with Gasteiger partial charge in [-0.2, -0.15) is 4.98 Å². The molecule has 0 spiro atoms. The zero-order valence-corrected chi connectivity index (χ0v) is 16.8. The number of hydrogen-bond donors (Lipinski definition) is 3. The molecule has 2 aromatic heterocycles. The second-order valence-corrected chi connectivity index (χ2v) is 7.32. The summed E-state index contributed by atoms with van der Waals surface area (Å²) in [5.41, 5.74) is 4.98. The van der Waals surface area contributed by atoms with Gasteiger partial charge in [0.2, 0.25) is 5.95 Å². The van der Waals surface area contributed by atoms with E-state index in [9.17, 15) is 5.11 Å². The Morgan fingerprint density at radius 1 is 1.07 bits per heavy atom. The van der Waals surface area contributed by atoms with Crippen molar-refractivity contribution >= 4 is 17.5 Å². The lowest BCUT2D eigenvalue weighted by molar-refractivity contribution is 0.248. The second-order valence-electron chi connectivity index (χ2n) is 7.32. The highest BCUT2D eigenvalue weighted by Crippen LogP contribution is 2.26. The lowest BCUT2D eigenvalue weighted by Crippen LogP contribution is -2.30. The van der Waals surface area contributed by atoms with Crippen LogP contribution >= 0.6 is 0 Å². The number of aliphatic hydroxyl groups excluding tert-OH is 1. The molecule has 0 fully saturated rings. The quantitative estimate of drug-likeness (QED) is 0.568. The van der Waals surface area contributed by atoms with Crippen LogP contribution in [0.4, 0.5) is 17.5 Å². The minimum Gasteiger partial charge on any atom is -0.394 e. The van der Waals surface area contributed by atoms with Crippen LogP contribution in [0, 0.1) is 19.8 Å². The first-order valence-corrected chi connectivity index (χ1v) is 9.47. The minimum absolute atomic E-state index is 0.0118. The molecule has 6 heteroatoms. The number of rotatable bonds is 7. The number of benzene rings is 1. The fraction of sp³-hybridized carbons (Fsp3) is 0.318. The lowest BCUT2D eigenvalue weighted by Gasteiger charge is -2.21. The molecule has 6 nitrogen and oxygen atoms in total. The monoisotopic (exact) mass is 377 g/mol. The van der Waals surface area contributed by atoms with Crippen molar-refractivity contribution in [3.05, 3.63) is 59.9 Å². The maximum Gasteiger partial charge on any atom is 0.225 e. The molecular formula is C22H27N5O. The summed E-state index contributed by atoms with van der Waals surface area (Å²) in [5.74, 6) is 1.40. The van der Waals surface area contributed by atoms with E-state index < -0.39 is 0 Å². The minimum atomic E-state index is -0.127. The molecule has 0 bridgehead atoms. The van der Waals surface area contributed by atoms with Crippen LogP contribution in [-0.4, -0.2) is 32.7 Å². The van der Waals surface area contributed by atoms with Crippen molar-refractivity contribution in [3.63, 3.8) is 0 Å². The van der Waals surface area contributed by atoms with Gasteiger partial charge in [-0.25, -0.2) is 4.98 Å². The standard InChI is InChI=1S/C22H27N5O/c1-14(2)20(13-28)26-22-25-19(17-6-5-9-23-12-17)11-21(27-22)24-18-10-15(3)7-8-16(18)4/h5-12,14,20,28H,13H2,1-4H3,(H2,24,25,26,27)/t20-/m0/s1.